The Hall–Kier alpha value is -2.93. The van der Waals surface area contributed by atoms with Crippen LogP contribution in [0.1, 0.15) is 34.7 Å². The van der Waals surface area contributed by atoms with Gasteiger partial charge in [-0.3, -0.25) is 9.59 Å². The largest absolute Gasteiger partial charge is 0.416 e. The van der Waals surface area contributed by atoms with Crippen LogP contribution in [-0.2, 0) is 11.2 Å². The molecule has 0 bridgehead atoms. The fraction of sp³-hybridized carbons (Fsp3) is 0.238. The molecule has 0 atom stereocenters. The summed E-state index contributed by atoms with van der Waals surface area (Å²) in [5, 5.41) is 8.43. The van der Waals surface area contributed by atoms with Gasteiger partial charge < -0.3 is 9.32 Å². The third kappa shape index (κ3) is 4.31. The van der Waals surface area contributed by atoms with Crippen molar-refractivity contribution < 1.29 is 14.0 Å². The van der Waals surface area contributed by atoms with Gasteiger partial charge in [-0.2, -0.15) is 0 Å². The summed E-state index contributed by atoms with van der Waals surface area (Å²) in [4.78, 5) is 26.2. The Bertz CT molecular complexity index is 987. The minimum Gasteiger partial charge on any atom is -0.416 e. The van der Waals surface area contributed by atoms with Gasteiger partial charge in [0.2, 0.25) is 11.8 Å². The summed E-state index contributed by atoms with van der Waals surface area (Å²) in [6.07, 6.45) is 1.99. The molecule has 1 aromatic heterocycles. The van der Waals surface area contributed by atoms with E-state index in [2.05, 4.69) is 10.2 Å². The molecule has 0 N–H and O–H groups in total. The standard InChI is InChI=1S/C21H19N3O3S/c25-18(16-8-4-9-17(13-16)24-11-5-10-20(24)26)14-28-21-23-22-19(27-21)12-15-6-2-1-3-7-15/h1-4,6-9,13H,5,10-12,14H2. The van der Waals surface area contributed by atoms with Crippen LogP contribution in [0.3, 0.4) is 0 Å². The molecule has 0 radical (unpaired) electrons. The molecule has 142 valence electrons. The van der Waals surface area contributed by atoms with Crippen LogP contribution in [0.5, 0.6) is 0 Å². The molecule has 1 amide bonds. The number of aromatic nitrogens is 2. The highest BCUT2D eigenvalue weighted by molar-refractivity contribution is 7.99. The predicted molar refractivity (Wildman–Crippen MR) is 107 cm³/mol. The maximum atomic E-state index is 12.6. The summed E-state index contributed by atoms with van der Waals surface area (Å²) in [7, 11) is 0. The number of rotatable bonds is 7. The first kappa shape index (κ1) is 18.4. The molecule has 0 saturated carbocycles. The highest BCUT2D eigenvalue weighted by atomic mass is 32.2. The van der Waals surface area contributed by atoms with Gasteiger partial charge >= 0.3 is 0 Å². The second-order valence-electron chi connectivity index (χ2n) is 6.54. The van der Waals surface area contributed by atoms with Gasteiger partial charge in [0.15, 0.2) is 5.78 Å². The predicted octanol–water partition coefficient (Wildman–Crippen LogP) is 3.76. The molecule has 1 fully saturated rings. The number of ketones is 1. The number of anilines is 1. The number of hydrogen-bond acceptors (Lipinski definition) is 6. The molecule has 0 unspecified atom stereocenters. The van der Waals surface area contributed by atoms with Crippen molar-refractivity contribution in [2.24, 2.45) is 0 Å². The Labute approximate surface area is 167 Å². The summed E-state index contributed by atoms with van der Waals surface area (Å²) >= 11 is 1.22. The van der Waals surface area contributed by atoms with Crippen molar-refractivity contribution in [3.63, 3.8) is 0 Å². The van der Waals surface area contributed by atoms with Crippen LogP contribution >= 0.6 is 11.8 Å². The molecule has 7 heteroatoms. The van der Waals surface area contributed by atoms with Crippen LogP contribution in [0, 0.1) is 0 Å². The van der Waals surface area contributed by atoms with Crippen LogP contribution in [0.2, 0.25) is 0 Å². The summed E-state index contributed by atoms with van der Waals surface area (Å²) in [5.74, 6) is 0.789. The number of carbonyl (C=O) groups is 2. The average molecular weight is 393 g/mol. The molecular formula is C21H19N3O3S. The van der Waals surface area contributed by atoms with E-state index in [1.807, 2.05) is 42.5 Å². The van der Waals surface area contributed by atoms with E-state index < -0.39 is 0 Å². The fourth-order valence-electron chi connectivity index (χ4n) is 3.12. The van der Waals surface area contributed by atoms with Crippen molar-refractivity contribution in [3.8, 4) is 0 Å². The summed E-state index contributed by atoms with van der Waals surface area (Å²) < 4.78 is 5.63. The normalized spacial score (nSPS) is 13.9. The number of thioether (sulfide) groups is 1. The molecule has 2 aromatic carbocycles. The van der Waals surface area contributed by atoms with E-state index in [1.54, 1.807) is 17.0 Å². The molecule has 1 aliphatic rings. The maximum Gasteiger partial charge on any atom is 0.277 e. The van der Waals surface area contributed by atoms with Crippen molar-refractivity contribution in [1.82, 2.24) is 10.2 Å². The first-order valence-electron chi connectivity index (χ1n) is 9.12. The Morgan fingerprint density at radius 2 is 1.96 bits per heavy atom. The van der Waals surface area contributed by atoms with Crippen molar-refractivity contribution in [2.75, 3.05) is 17.2 Å². The quantitative estimate of drug-likeness (QED) is 0.449. The molecule has 3 aromatic rings. The Morgan fingerprint density at radius 1 is 1.11 bits per heavy atom. The molecule has 1 saturated heterocycles. The van der Waals surface area contributed by atoms with Crippen LogP contribution in [0.15, 0.2) is 64.2 Å². The van der Waals surface area contributed by atoms with Gasteiger partial charge in [-0.25, -0.2) is 0 Å². The number of carbonyl (C=O) groups excluding carboxylic acids is 2. The number of nitrogens with zero attached hydrogens (tertiary/aromatic N) is 3. The fourth-order valence-corrected chi connectivity index (χ4v) is 3.79. The topological polar surface area (TPSA) is 76.3 Å². The lowest BCUT2D eigenvalue weighted by Gasteiger charge is -2.16. The van der Waals surface area contributed by atoms with Gasteiger partial charge in [0.1, 0.15) is 0 Å². The minimum absolute atomic E-state index is 0.0405. The molecule has 28 heavy (non-hydrogen) atoms. The van der Waals surface area contributed by atoms with E-state index >= 15 is 0 Å². The molecule has 1 aliphatic heterocycles. The lowest BCUT2D eigenvalue weighted by Crippen LogP contribution is -2.23. The van der Waals surface area contributed by atoms with E-state index in [4.69, 9.17) is 4.42 Å². The zero-order valence-corrected chi connectivity index (χ0v) is 16.0. The lowest BCUT2D eigenvalue weighted by atomic mass is 10.1. The molecule has 6 nitrogen and oxygen atoms in total. The monoisotopic (exact) mass is 393 g/mol. The van der Waals surface area contributed by atoms with E-state index in [1.165, 1.54) is 11.8 Å². The second kappa shape index (κ2) is 8.39. The Kier molecular flexibility index (Phi) is 5.53. The van der Waals surface area contributed by atoms with E-state index in [9.17, 15) is 9.59 Å². The maximum absolute atomic E-state index is 12.6. The number of amides is 1. The molecule has 0 spiro atoms. The summed E-state index contributed by atoms with van der Waals surface area (Å²) in [6.45, 7) is 0.706. The third-order valence-electron chi connectivity index (χ3n) is 4.53. The summed E-state index contributed by atoms with van der Waals surface area (Å²) in [5.41, 5.74) is 2.45. The van der Waals surface area contributed by atoms with Gasteiger partial charge in [0.05, 0.1) is 12.2 Å². The number of hydrogen-bond donors (Lipinski definition) is 0. The molecule has 0 aliphatic carbocycles. The zero-order chi connectivity index (χ0) is 19.3. The van der Waals surface area contributed by atoms with E-state index in [0.717, 1.165) is 17.7 Å². The van der Waals surface area contributed by atoms with E-state index in [0.29, 0.717) is 36.1 Å². The highest BCUT2D eigenvalue weighted by Crippen LogP contribution is 2.24. The lowest BCUT2D eigenvalue weighted by molar-refractivity contribution is -0.117. The smallest absolute Gasteiger partial charge is 0.277 e. The second-order valence-corrected chi connectivity index (χ2v) is 7.46. The minimum atomic E-state index is -0.0405. The Balaban J connectivity index is 1.36. The Morgan fingerprint density at radius 3 is 2.75 bits per heavy atom. The van der Waals surface area contributed by atoms with Gasteiger partial charge in [-0.05, 0) is 24.1 Å². The van der Waals surface area contributed by atoms with Gasteiger partial charge in [0, 0.05) is 24.2 Å². The van der Waals surface area contributed by atoms with Gasteiger partial charge in [-0.1, -0.05) is 54.2 Å². The molecular weight excluding hydrogens is 374 g/mol. The van der Waals surface area contributed by atoms with Crippen molar-refractivity contribution in [1.29, 1.82) is 0 Å². The highest BCUT2D eigenvalue weighted by Gasteiger charge is 2.22. The van der Waals surface area contributed by atoms with Crippen molar-refractivity contribution in [3.05, 3.63) is 71.6 Å². The van der Waals surface area contributed by atoms with E-state index in [-0.39, 0.29) is 17.4 Å². The number of Topliss-reactive ketones (excluding diaryl/α,β-unsaturated/α-hetero) is 1. The van der Waals surface area contributed by atoms with Gasteiger partial charge in [-0.15, -0.1) is 10.2 Å². The van der Waals surface area contributed by atoms with Crippen LogP contribution in [0.25, 0.3) is 0 Å². The third-order valence-corrected chi connectivity index (χ3v) is 5.34. The number of benzene rings is 2. The first-order valence-corrected chi connectivity index (χ1v) is 10.1. The SMILES string of the molecule is O=C(CSc1nnc(Cc2ccccc2)o1)c1cccc(N2CCCC2=O)c1. The van der Waals surface area contributed by atoms with Crippen LogP contribution in [0.4, 0.5) is 5.69 Å². The first-order chi connectivity index (χ1) is 13.7. The van der Waals surface area contributed by atoms with Crippen LogP contribution < -0.4 is 4.90 Å². The molecule has 4 rings (SSSR count). The van der Waals surface area contributed by atoms with Crippen molar-refractivity contribution in [2.45, 2.75) is 24.5 Å². The van der Waals surface area contributed by atoms with Crippen LogP contribution in [-0.4, -0.2) is 34.2 Å². The molecule has 2 heterocycles. The zero-order valence-electron chi connectivity index (χ0n) is 15.2. The average Bonchev–Trinajstić information content (AvgIpc) is 3.36. The van der Waals surface area contributed by atoms with Crippen molar-refractivity contribution >= 4 is 29.1 Å². The summed E-state index contributed by atoms with van der Waals surface area (Å²) in [6, 6.07) is 17.1. The van der Waals surface area contributed by atoms with Gasteiger partial charge in [0.25, 0.3) is 5.22 Å².